The Morgan fingerprint density at radius 2 is 1.94 bits per heavy atom. The highest BCUT2D eigenvalue weighted by atomic mass is 32.1. The number of carbonyl (C=O) groups excluding carboxylic acids is 3. The van der Waals surface area contributed by atoms with Gasteiger partial charge >= 0.3 is 0 Å². The molecule has 2 aromatic heterocycles. The van der Waals surface area contributed by atoms with Gasteiger partial charge in [0.25, 0.3) is 5.91 Å². The number of para-hydroxylation sites is 1. The van der Waals surface area contributed by atoms with Gasteiger partial charge in [0.15, 0.2) is 0 Å². The van der Waals surface area contributed by atoms with Crippen molar-refractivity contribution in [2.75, 3.05) is 5.32 Å². The number of fused-ring (bicyclic) bond motifs is 1. The van der Waals surface area contributed by atoms with E-state index in [0.29, 0.717) is 35.5 Å². The van der Waals surface area contributed by atoms with E-state index in [1.54, 1.807) is 20.0 Å². The maximum atomic E-state index is 13.0. The van der Waals surface area contributed by atoms with Crippen molar-refractivity contribution in [2.24, 2.45) is 0 Å². The standard InChI is InChI=1S/C22H25N5O3S/c1-14(28)8-4-3-5-11-19(25-22(30)20-15(2)26-27-31-20)21(29)24-17-12-16-9-6-7-10-18(16)23-13-17/h6-7,9-10,12-13,19H,3-5,8,11H2,1-2H3,(H,24,29)(H,25,30)/t19-/m0/s1. The normalized spacial score (nSPS) is 11.8. The van der Waals surface area contributed by atoms with Crippen molar-refractivity contribution in [1.82, 2.24) is 19.9 Å². The van der Waals surface area contributed by atoms with Crippen molar-refractivity contribution >= 4 is 45.7 Å². The Kier molecular flexibility index (Phi) is 7.77. The number of anilines is 1. The van der Waals surface area contributed by atoms with E-state index >= 15 is 0 Å². The first-order chi connectivity index (χ1) is 14.9. The van der Waals surface area contributed by atoms with Crippen molar-refractivity contribution in [2.45, 2.75) is 52.0 Å². The number of nitrogens with zero attached hydrogens (tertiary/aromatic N) is 3. The van der Waals surface area contributed by atoms with E-state index in [0.717, 1.165) is 35.3 Å². The summed E-state index contributed by atoms with van der Waals surface area (Å²) in [7, 11) is 0. The first kappa shape index (κ1) is 22.5. The summed E-state index contributed by atoms with van der Waals surface area (Å²) in [5, 5.41) is 10.4. The van der Waals surface area contributed by atoms with Crippen LogP contribution in [0.15, 0.2) is 36.5 Å². The average Bonchev–Trinajstić information content (AvgIpc) is 3.18. The number of benzene rings is 1. The Bertz CT molecular complexity index is 1080. The van der Waals surface area contributed by atoms with Crippen LogP contribution in [0, 0.1) is 6.92 Å². The first-order valence-corrected chi connectivity index (χ1v) is 11.0. The molecule has 2 amide bonds. The number of amides is 2. The van der Waals surface area contributed by atoms with E-state index in [1.165, 1.54) is 0 Å². The highest BCUT2D eigenvalue weighted by molar-refractivity contribution is 7.08. The predicted molar refractivity (Wildman–Crippen MR) is 120 cm³/mol. The van der Waals surface area contributed by atoms with Crippen LogP contribution in [0.4, 0.5) is 5.69 Å². The molecule has 0 saturated carbocycles. The number of nitrogens with one attached hydrogen (secondary N) is 2. The van der Waals surface area contributed by atoms with Crippen LogP contribution in [0.3, 0.4) is 0 Å². The zero-order chi connectivity index (χ0) is 22.2. The van der Waals surface area contributed by atoms with Gasteiger partial charge in [0.2, 0.25) is 5.91 Å². The number of aromatic nitrogens is 3. The monoisotopic (exact) mass is 439 g/mol. The number of unbranched alkanes of at least 4 members (excludes halogenated alkanes) is 2. The van der Waals surface area contributed by atoms with Crippen LogP contribution >= 0.6 is 11.5 Å². The van der Waals surface area contributed by atoms with Crippen LogP contribution in [0.25, 0.3) is 10.9 Å². The van der Waals surface area contributed by atoms with Crippen LogP contribution in [0.2, 0.25) is 0 Å². The first-order valence-electron chi connectivity index (χ1n) is 10.2. The van der Waals surface area contributed by atoms with E-state index < -0.39 is 6.04 Å². The molecule has 0 aliphatic carbocycles. The summed E-state index contributed by atoms with van der Waals surface area (Å²) in [5.74, 6) is -0.528. The van der Waals surface area contributed by atoms with Gasteiger partial charge in [0.05, 0.1) is 23.1 Å². The zero-order valence-corrected chi connectivity index (χ0v) is 18.4. The molecule has 0 aliphatic heterocycles. The summed E-state index contributed by atoms with van der Waals surface area (Å²) in [6, 6.07) is 8.76. The lowest BCUT2D eigenvalue weighted by Crippen LogP contribution is -2.43. The molecule has 8 nitrogen and oxygen atoms in total. The van der Waals surface area contributed by atoms with Gasteiger partial charge in [-0.25, -0.2) is 0 Å². The number of hydrogen-bond acceptors (Lipinski definition) is 7. The van der Waals surface area contributed by atoms with Crippen molar-refractivity contribution in [3.63, 3.8) is 0 Å². The summed E-state index contributed by atoms with van der Waals surface area (Å²) >= 11 is 1.000. The Labute approximate surface area is 184 Å². The van der Waals surface area contributed by atoms with Crippen LogP contribution in [0.5, 0.6) is 0 Å². The third-order valence-electron chi connectivity index (χ3n) is 4.86. The van der Waals surface area contributed by atoms with Crippen LogP contribution in [-0.4, -0.2) is 38.2 Å². The van der Waals surface area contributed by atoms with Gasteiger partial charge in [0.1, 0.15) is 16.7 Å². The predicted octanol–water partition coefficient (Wildman–Crippen LogP) is 3.67. The molecule has 0 unspecified atom stereocenters. The Morgan fingerprint density at radius 1 is 1.13 bits per heavy atom. The summed E-state index contributed by atoms with van der Waals surface area (Å²) in [5.41, 5.74) is 1.93. The van der Waals surface area contributed by atoms with Crippen molar-refractivity contribution < 1.29 is 14.4 Å². The number of carbonyl (C=O) groups is 3. The van der Waals surface area contributed by atoms with Crippen LogP contribution < -0.4 is 10.6 Å². The fourth-order valence-corrected chi connectivity index (χ4v) is 3.76. The van der Waals surface area contributed by atoms with Gasteiger partial charge in [-0.1, -0.05) is 35.5 Å². The minimum Gasteiger partial charge on any atom is -0.339 e. The molecule has 0 saturated heterocycles. The van der Waals surface area contributed by atoms with Gasteiger partial charge in [0, 0.05) is 11.8 Å². The second kappa shape index (κ2) is 10.7. The van der Waals surface area contributed by atoms with E-state index in [9.17, 15) is 14.4 Å². The molecule has 0 fully saturated rings. The molecule has 0 spiro atoms. The summed E-state index contributed by atoms with van der Waals surface area (Å²) in [6.45, 7) is 3.27. The zero-order valence-electron chi connectivity index (χ0n) is 17.6. The number of Topliss-reactive ketones (excluding diaryl/α,β-unsaturated/α-hetero) is 1. The quantitative estimate of drug-likeness (QED) is 0.466. The molecule has 1 atom stereocenters. The number of aryl methyl sites for hydroxylation is 1. The third-order valence-corrected chi connectivity index (χ3v) is 5.69. The molecule has 1 aromatic carbocycles. The SMILES string of the molecule is CC(=O)CCCCC[C@H](NC(=O)c1snnc1C)C(=O)Nc1cnc2ccccc2c1. The summed E-state index contributed by atoms with van der Waals surface area (Å²) < 4.78 is 3.78. The number of hydrogen-bond donors (Lipinski definition) is 2. The lowest BCUT2D eigenvalue weighted by atomic mass is 10.0. The van der Waals surface area contributed by atoms with Crippen molar-refractivity contribution in [1.29, 1.82) is 0 Å². The van der Waals surface area contributed by atoms with Gasteiger partial charge < -0.3 is 15.4 Å². The number of ketones is 1. The minimum atomic E-state index is -0.724. The number of rotatable bonds is 10. The second-order valence-electron chi connectivity index (χ2n) is 7.42. The Balaban J connectivity index is 1.68. The summed E-state index contributed by atoms with van der Waals surface area (Å²) in [6.07, 6.45) is 4.87. The molecular weight excluding hydrogens is 414 g/mol. The van der Waals surface area contributed by atoms with Crippen LogP contribution in [0.1, 0.15) is 54.4 Å². The second-order valence-corrected chi connectivity index (χ2v) is 8.17. The Hall–Kier alpha value is -3.20. The molecule has 0 aliphatic rings. The summed E-state index contributed by atoms with van der Waals surface area (Å²) in [4.78, 5) is 41.5. The molecule has 0 bridgehead atoms. The maximum absolute atomic E-state index is 13.0. The molecular formula is C22H25N5O3S. The number of pyridine rings is 1. The average molecular weight is 440 g/mol. The maximum Gasteiger partial charge on any atom is 0.265 e. The van der Waals surface area contributed by atoms with E-state index in [4.69, 9.17) is 0 Å². The van der Waals surface area contributed by atoms with Crippen molar-refractivity contribution in [3.8, 4) is 0 Å². The molecule has 31 heavy (non-hydrogen) atoms. The van der Waals surface area contributed by atoms with Gasteiger partial charge in [-0.05, 0) is 50.4 Å². The fraction of sp³-hybridized carbons (Fsp3) is 0.364. The lowest BCUT2D eigenvalue weighted by Gasteiger charge is -2.18. The topological polar surface area (TPSA) is 114 Å². The van der Waals surface area contributed by atoms with E-state index in [2.05, 4.69) is 25.2 Å². The Morgan fingerprint density at radius 3 is 2.68 bits per heavy atom. The largest absolute Gasteiger partial charge is 0.339 e. The molecule has 0 radical (unpaired) electrons. The van der Waals surface area contributed by atoms with Gasteiger partial charge in [-0.15, -0.1) is 5.10 Å². The van der Waals surface area contributed by atoms with E-state index in [1.807, 2.05) is 30.3 Å². The van der Waals surface area contributed by atoms with Gasteiger partial charge in [-0.2, -0.15) is 0 Å². The van der Waals surface area contributed by atoms with Crippen molar-refractivity contribution in [3.05, 3.63) is 47.1 Å². The molecule has 9 heteroatoms. The third kappa shape index (κ3) is 6.39. The minimum absolute atomic E-state index is 0.152. The highest BCUT2D eigenvalue weighted by Gasteiger charge is 2.23. The molecule has 3 rings (SSSR count). The lowest BCUT2D eigenvalue weighted by molar-refractivity contribution is -0.118. The van der Waals surface area contributed by atoms with Gasteiger partial charge in [-0.3, -0.25) is 14.6 Å². The molecule has 2 heterocycles. The smallest absolute Gasteiger partial charge is 0.265 e. The fourth-order valence-electron chi connectivity index (χ4n) is 3.20. The highest BCUT2D eigenvalue weighted by Crippen LogP contribution is 2.17. The van der Waals surface area contributed by atoms with Crippen LogP contribution in [-0.2, 0) is 9.59 Å². The molecule has 3 aromatic rings. The molecule has 162 valence electrons. The molecule has 2 N–H and O–H groups in total. The van der Waals surface area contributed by atoms with E-state index in [-0.39, 0.29) is 17.6 Å².